The predicted molar refractivity (Wildman–Crippen MR) is 131 cm³/mol. The average Bonchev–Trinajstić information content (AvgIpc) is 3.25. The largest absolute Gasteiger partial charge is 0.438 e. The first-order chi connectivity index (χ1) is 15.0. The van der Waals surface area contributed by atoms with Crippen molar-refractivity contribution in [1.29, 1.82) is 0 Å². The van der Waals surface area contributed by atoms with Gasteiger partial charge in [-0.3, -0.25) is 9.78 Å². The Bertz CT molecular complexity index is 1200. The van der Waals surface area contributed by atoms with Crippen LogP contribution in [0.1, 0.15) is 45.4 Å². The molecule has 6 heteroatoms. The molecule has 0 amide bonds. The fourth-order valence-electron chi connectivity index (χ4n) is 3.05. The molecule has 164 valence electrons. The third kappa shape index (κ3) is 5.58. The van der Waals surface area contributed by atoms with E-state index >= 15 is 0 Å². The highest BCUT2D eigenvalue weighted by molar-refractivity contribution is 7.17. The molecule has 0 N–H and O–H groups in total. The van der Waals surface area contributed by atoms with Gasteiger partial charge in [-0.05, 0) is 60.5 Å². The average molecular weight is 438 g/mol. The summed E-state index contributed by atoms with van der Waals surface area (Å²) in [6.07, 6.45) is 4.35. The zero-order chi connectivity index (χ0) is 23.0. The molecule has 1 aromatic carbocycles. The SMILES string of the molecule is CC.CCC.Cc1cc(Oc2nccc3ccsc23)ccc1-c1c(C)ncc(=O)n1C. The lowest BCUT2D eigenvalue weighted by Crippen LogP contribution is -2.19. The molecule has 0 aliphatic carbocycles. The van der Waals surface area contributed by atoms with Crippen molar-refractivity contribution in [2.45, 2.75) is 48.0 Å². The summed E-state index contributed by atoms with van der Waals surface area (Å²) in [5.41, 5.74) is 3.48. The summed E-state index contributed by atoms with van der Waals surface area (Å²) in [6.45, 7) is 12.2. The zero-order valence-electron chi connectivity index (χ0n) is 19.4. The van der Waals surface area contributed by atoms with E-state index in [1.165, 1.54) is 12.6 Å². The van der Waals surface area contributed by atoms with Crippen LogP contribution in [0.25, 0.3) is 21.3 Å². The predicted octanol–water partition coefficient (Wildman–Crippen LogP) is 6.91. The second-order valence-electron chi connectivity index (χ2n) is 6.83. The van der Waals surface area contributed by atoms with Crippen molar-refractivity contribution in [2.75, 3.05) is 0 Å². The van der Waals surface area contributed by atoms with Gasteiger partial charge < -0.3 is 9.30 Å². The molecule has 0 bridgehead atoms. The molecule has 0 radical (unpaired) electrons. The molecule has 0 saturated carbocycles. The lowest BCUT2D eigenvalue weighted by molar-refractivity contribution is 0.470. The molecule has 5 nitrogen and oxygen atoms in total. The first kappa shape index (κ1) is 24.3. The van der Waals surface area contributed by atoms with E-state index in [1.807, 2.05) is 57.3 Å². The molecule has 3 aromatic heterocycles. The molecule has 4 rings (SSSR count). The van der Waals surface area contributed by atoms with Crippen LogP contribution in [-0.2, 0) is 7.05 Å². The molecule has 0 atom stereocenters. The van der Waals surface area contributed by atoms with E-state index in [0.717, 1.165) is 32.6 Å². The van der Waals surface area contributed by atoms with E-state index in [2.05, 4.69) is 29.9 Å². The van der Waals surface area contributed by atoms with Crippen molar-refractivity contribution in [3.8, 4) is 22.9 Å². The van der Waals surface area contributed by atoms with Crippen LogP contribution in [0.2, 0.25) is 0 Å². The number of nitrogens with zero attached hydrogens (tertiary/aromatic N) is 3. The molecule has 3 heterocycles. The normalized spacial score (nSPS) is 10.0. The summed E-state index contributed by atoms with van der Waals surface area (Å²) < 4.78 is 8.67. The van der Waals surface area contributed by atoms with Crippen LogP contribution in [0.4, 0.5) is 0 Å². The van der Waals surface area contributed by atoms with E-state index in [4.69, 9.17) is 4.74 Å². The molecule has 31 heavy (non-hydrogen) atoms. The highest BCUT2D eigenvalue weighted by atomic mass is 32.1. The number of aryl methyl sites for hydroxylation is 2. The third-order valence-corrected chi connectivity index (χ3v) is 5.30. The molecule has 0 aliphatic heterocycles. The maximum absolute atomic E-state index is 12.0. The van der Waals surface area contributed by atoms with Crippen LogP contribution < -0.4 is 10.3 Å². The minimum atomic E-state index is -0.126. The maximum Gasteiger partial charge on any atom is 0.269 e. The van der Waals surface area contributed by atoms with Gasteiger partial charge in [0.05, 0.1) is 22.3 Å². The molecule has 0 unspecified atom stereocenters. The lowest BCUT2D eigenvalue weighted by Gasteiger charge is -2.14. The first-order valence-electron chi connectivity index (χ1n) is 10.6. The number of fused-ring (bicyclic) bond motifs is 1. The van der Waals surface area contributed by atoms with Gasteiger partial charge in [0.1, 0.15) is 5.75 Å². The second kappa shape index (κ2) is 11.4. The van der Waals surface area contributed by atoms with Crippen LogP contribution in [-0.4, -0.2) is 14.5 Å². The van der Waals surface area contributed by atoms with Gasteiger partial charge in [-0.1, -0.05) is 34.1 Å². The molecular formula is C25H31N3O2S. The van der Waals surface area contributed by atoms with E-state index < -0.39 is 0 Å². The number of pyridine rings is 1. The zero-order valence-corrected chi connectivity index (χ0v) is 20.2. The molecule has 0 aliphatic rings. The summed E-state index contributed by atoms with van der Waals surface area (Å²) in [7, 11) is 1.76. The van der Waals surface area contributed by atoms with Crippen molar-refractivity contribution < 1.29 is 4.74 Å². The van der Waals surface area contributed by atoms with Gasteiger partial charge >= 0.3 is 0 Å². The topological polar surface area (TPSA) is 57.0 Å². The van der Waals surface area contributed by atoms with Crippen LogP contribution in [0.3, 0.4) is 0 Å². The Labute approximate surface area is 188 Å². The Morgan fingerprint density at radius 2 is 1.77 bits per heavy atom. The minimum Gasteiger partial charge on any atom is -0.438 e. The van der Waals surface area contributed by atoms with E-state index in [-0.39, 0.29) is 5.56 Å². The fraction of sp³-hybridized carbons (Fsp3) is 0.320. The van der Waals surface area contributed by atoms with E-state index in [0.29, 0.717) is 11.6 Å². The monoisotopic (exact) mass is 437 g/mol. The summed E-state index contributed by atoms with van der Waals surface area (Å²) in [4.78, 5) is 20.5. The number of rotatable bonds is 3. The standard InChI is InChI=1S/C20H17N3O2S.C3H8.C2H6/c1-12-10-15(25-20-19-14(6-8-21-20)7-9-26-19)4-5-16(12)18-13(2)22-11-17(24)23(18)3;1-3-2;1-2/h4-11H,1-3H3;3H2,1-2H3;1-2H3. The maximum atomic E-state index is 12.0. The fourth-order valence-corrected chi connectivity index (χ4v) is 3.86. The molecule has 0 saturated heterocycles. The van der Waals surface area contributed by atoms with Gasteiger partial charge in [0.15, 0.2) is 0 Å². The Morgan fingerprint density at radius 1 is 1.06 bits per heavy atom. The van der Waals surface area contributed by atoms with Crippen LogP contribution in [0, 0.1) is 13.8 Å². The van der Waals surface area contributed by atoms with Gasteiger partial charge in [0, 0.05) is 18.8 Å². The van der Waals surface area contributed by atoms with Crippen molar-refractivity contribution in [3.63, 3.8) is 0 Å². The summed E-state index contributed by atoms with van der Waals surface area (Å²) in [5, 5.41) is 3.15. The minimum absolute atomic E-state index is 0.126. The Hall–Kier alpha value is -2.99. The van der Waals surface area contributed by atoms with Gasteiger partial charge in [-0.15, -0.1) is 11.3 Å². The van der Waals surface area contributed by atoms with E-state index in [9.17, 15) is 4.79 Å². The molecule has 0 spiro atoms. The molecule has 0 fully saturated rings. The number of hydrogen-bond donors (Lipinski definition) is 0. The Morgan fingerprint density at radius 3 is 2.45 bits per heavy atom. The van der Waals surface area contributed by atoms with Crippen LogP contribution in [0.5, 0.6) is 11.6 Å². The smallest absolute Gasteiger partial charge is 0.269 e. The van der Waals surface area contributed by atoms with Gasteiger partial charge in [0.2, 0.25) is 5.88 Å². The quantitative estimate of drug-likeness (QED) is 0.349. The molecule has 4 aromatic rings. The highest BCUT2D eigenvalue weighted by Crippen LogP contribution is 2.33. The number of aromatic nitrogens is 3. The summed E-state index contributed by atoms with van der Waals surface area (Å²) >= 11 is 1.61. The van der Waals surface area contributed by atoms with Gasteiger partial charge in [-0.2, -0.15) is 0 Å². The lowest BCUT2D eigenvalue weighted by atomic mass is 10.0. The number of ether oxygens (including phenoxy) is 1. The van der Waals surface area contributed by atoms with Crippen molar-refractivity contribution in [3.05, 3.63) is 69.7 Å². The Kier molecular flexibility index (Phi) is 8.94. The Balaban J connectivity index is 0.000000630. The number of benzene rings is 1. The van der Waals surface area contributed by atoms with Crippen LogP contribution in [0.15, 0.2) is 52.9 Å². The molecular weight excluding hydrogens is 406 g/mol. The van der Waals surface area contributed by atoms with Crippen molar-refractivity contribution in [1.82, 2.24) is 14.5 Å². The number of thiophene rings is 1. The van der Waals surface area contributed by atoms with Gasteiger partial charge in [-0.25, -0.2) is 4.98 Å². The second-order valence-corrected chi connectivity index (χ2v) is 7.75. The van der Waals surface area contributed by atoms with Crippen LogP contribution >= 0.6 is 11.3 Å². The van der Waals surface area contributed by atoms with E-state index in [1.54, 1.807) is 29.1 Å². The first-order valence-corrected chi connectivity index (χ1v) is 11.5. The van der Waals surface area contributed by atoms with Gasteiger partial charge in [0.25, 0.3) is 5.56 Å². The highest BCUT2D eigenvalue weighted by Gasteiger charge is 2.13. The van der Waals surface area contributed by atoms with Crippen molar-refractivity contribution in [2.24, 2.45) is 7.05 Å². The summed E-state index contributed by atoms with van der Waals surface area (Å²) in [5.74, 6) is 1.32. The summed E-state index contributed by atoms with van der Waals surface area (Å²) in [6, 6.07) is 9.84. The third-order valence-electron chi connectivity index (χ3n) is 4.38. The van der Waals surface area contributed by atoms with Crippen molar-refractivity contribution >= 4 is 21.4 Å². The number of hydrogen-bond acceptors (Lipinski definition) is 5.